The van der Waals surface area contributed by atoms with Crippen LogP contribution in [0, 0.1) is 12.7 Å². The van der Waals surface area contributed by atoms with Crippen LogP contribution in [0.15, 0.2) is 82.9 Å². The third-order valence-corrected chi connectivity index (χ3v) is 6.32. The molecule has 0 N–H and O–H groups in total. The molecule has 0 radical (unpaired) electrons. The monoisotopic (exact) mass is 487 g/mol. The van der Waals surface area contributed by atoms with E-state index in [1.807, 2.05) is 50.2 Å². The summed E-state index contributed by atoms with van der Waals surface area (Å²) in [7, 11) is 0. The molecule has 0 aliphatic rings. The molecule has 0 fully saturated rings. The lowest BCUT2D eigenvalue weighted by Gasteiger charge is -2.12. The van der Waals surface area contributed by atoms with E-state index in [4.69, 9.17) is 4.74 Å². The molecule has 3 aromatic heterocycles. The zero-order valence-electron chi connectivity index (χ0n) is 19.2. The number of pyridine rings is 1. The number of ether oxygens (including phenoxy) is 1. The molecule has 35 heavy (non-hydrogen) atoms. The summed E-state index contributed by atoms with van der Waals surface area (Å²) in [4.78, 5) is 17.2. The molecule has 0 aliphatic heterocycles. The minimum atomic E-state index is -0.390. The minimum Gasteiger partial charge on any atom is -0.494 e. The zero-order chi connectivity index (χ0) is 24.4. The van der Waals surface area contributed by atoms with E-state index in [0.717, 1.165) is 16.9 Å². The molecular formula is C26H22FN5O2S. The van der Waals surface area contributed by atoms with Gasteiger partial charge in [0.2, 0.25) is 0 Å². The molecule has 0 aliphatic carbocycles. The van der Waals surface area contributed by atoms with Crippen molar-refractivity contribution in [2.45, 2.75) is 24.8 Å². The van der Waals surface area contributed by atoms with Crippen molar-refractivity contribution in [3.05, 3.63) is 100 Å². The van der Waals surface area contributed by atoms with Crippen LogP contribution in [0.5, 0.6) is 5.75 Å². The summed E-state index contributed by atoms with van der Waals surface area (Å²) < 4.78 is 23.6. The number of para-hydroxylation sites is 1. The lowest BCUT2D eigenvalue weighted by molar-refractivity contribution is 0.340. The van der Waals surface area contributed by atoms with Crippen LogP contribution in [0.2, 0.25) is 0 Å². The number of thioether (sulfide) groups is 1. The van der Waals surface area contributed by atoms with E-state index in [1.165, 1.54) is 28.3 Å². The molecule has 5 aromatic rings. The molecule has 0 bridgehead atoms. The second-order valence-corrected chi connectivity index (χ2v) is 8.80. The normalized spacial score (nSPS) is 11.2. The maximum Gasteiger partial charge on any atom is 0.258 e. The topological polar surface area (TPSA) is 74.3 Å². The summed E-state index contributed by atoms with van der Waals surface area (Å²) in [5.41, 5.74) is 3.11. The van der Waals surface area contributed by atoms with E-state index in [0.29, 0.717) is 40.4 Å². The highest BCUT2D eigenvalue weighted by Gasteiger charge is 2.19. The van der Waals surface area contributed by atoms with Gasteiger partial charge in [0.25, 0.3) is 5.56 Å². The van der Waals surface area contributed by atoms with Crippen LogP contribution in [-0.4, -0.2) is 30.8 Å². The van der Waals surface area contributed by atoms with Gasteiger partial charge in [0.05, 0.1) is 18.0 Å². The van der Waals surface area contributed by atoms with Crippen molar-refractivity contribution in [1.29, 1.82) is 0 Å². The number of fused-ring (bicyclic) bond motifs is 1. The van der Waals surface area contributed by atoms with E-state index >= 15 is 0 Å². The molecule has 0 saturated heterocycles. The van der Waals surface area contributed by atoms with Crippen molar-refractivity contribution in [2.75, 3.05) is 6.61 Å². The van der Waals surface area contributed by atoms with Crippen LogP contribution >= 0.6 is 11.8 Å². The van der Waals surface area contributed by atoms with Gasteiger partial charge in [0, 0.05) is 23.6 Å². The fourth-order valence-electron chi connectivity index (χ4n) is 3.74. The number of hydrogen-bond donors (Lipinski definition) is 0. The molecule has 176 valence electrons. The number of halogens is 1. The first kappa shape index (κ1) is 22.8. The standard InChI is InChI=1S/C26H22FN5O2S/c1-3-34-20-11-9-18(10-12-20)25-29-30-26(32(25)22-7-5-4-6-21(22)27)35-16-19-14-24(33)31-15-17(2)8-13-23(31)28-19/h4-15H,3,16H2,1-2H3. The van der Waals surface area contributed by atoms with Gasteiger partial charge in [-0.25, -0.2) is 9.37 Å². The van der Waals surface area contributed by atoms with Crippen LogP contribution in [0.25, 0.3) is 22.7 Å². The van der Waals surface area contributed by atoms with E-state index in [2.05, 4.69) is 15.2 Å². The molecular weight excluding hydrogens is 465 g/mol. The number of benzene rings is 2. The molecule has 0 spiro atoms. The maximum absolute atomic E-state index is 14.9. The van der Waals surface area contributed by atoms with Crippen molar-refractivity contribution in [3.63, 3.8) is 0 Å². The van der Waals surface area contributed by atoms with E-state index < -0.39 is 5.82 Å². The molecule has 0 unspecified atom stereocenters. The van der Waals surface area contributed by atoms with Gasteiger partial charge in [-0.2, -0.15) is 0 Å². The summed E-state index contributed by atoms with van der Waals surface area (Å²) in [6.45, 7) is 4.41. The predicted octanol–water partition coefficient (Wildman–Crippen LogP) is 5.08. The number of aromatic nitrogens is 5. The van der Waals surface area contributed by atoms with Gasteiger partial charge in [-0.15, -0.1) is 10.2 Å². The molecule has 5 rings (SSSR count). The smallest absolute Gasteiger partial charge is 0.258 e. The van der Waals surface area contributed by atoms with Crippen molar-refractivity contribution in [3.8, 4) is 22.8 Å². The molecule has 0 atom stereocenters. The summed E-state index contributed by atoms with van der Waals surface area (Å²) in [6, 6.07) is 19.2. The van der Waals surface area contributed by atoms with Crippen molar-refractivity contribution < 1.29 is 9.13 Å². The highest BCUT2D eigenvalue weighted by atomic mass is 32.2. The Hall–Kier alpha value is -3.98. The number of hydrogen-bond acceptors (Lipinski definition) is 6. The molecule has 7 nitrogen and oxygen atoms in total. The SMILES string of the molecule is CCOc1ccc(-c2nnc(SCc3cc(=O)n4cc(C)ccc4n3)n2-c2ccccc2F)cc1. The van der Waals surface area contributed by atoms with Gasteiger partial charge < -0.3 is 4.74 Å². The number of nitrogens with zero attached hydrogens (tertiary/aromatic N) is 5. The Morgan fingerprint density at radius 1 is 1.03 bits per heavy atom. The van der Waals surface area contributed by atoms with Crippen LogP contribution in [0.3, 0.4) is 0 Å². The Labute approximate surface area is 205 Å². The van der Waals surface area contributed by atoms with Gasteiger partial charge in [-0.05, 0) is 61.9 Å². The molecule has 2 aromatic carbocycles. The summed E-state index contributed by atoms with van der Waals surface area (Å²) >= 11 is 1.34. The van der Waals surface area contributed by atoms with E-state index in [-0.39, 0.29) is 5.56 Å². The van der Waals surface area contributed by atoms with Gasteiger partial charge >= 0.3 is 0 Å². The summed E-state index contributed by atoms with van der Waals surface area (Å²) in [6.07, 6.45) is 1.76. The summed E-state index contributed by atoms with van der Waals surface area (Å²) in [5.74, 6) is 1.23. The fourth-order valence-corrected chi connectivity index (χ4v) is 4.58. The third kappa shape index (κ3) is 4.67. The lowest BCUT2D eigenvalue weighted by Crippen LogP contribution is -2.15. The van der Waals surface area contributed by atoms with Crippen LogP contribution in [0.4, 0.5) is 4.39 Å². The maximum atomic E-state index is 14.9. The second kappa shape index (κ2) is 9.71. The van der Waals surface area contributed by atoms with Gasteiger partial charge in [0.1, 0.15) is 17.2 Å². The predicted molar refractivity (Wildman–Crippen MR) is 134 cm³/mol. The molecule has 0 amide bonds. The molecule has 9 heteroatoms. The Morgan fingerprint density at radius 3 is 2.60 bits per heavy atom. The second-order valence-electron chi connectivity index (χ2n) is 7.86. The highest BCUT2D eigenvalue weighted by molar-refractivity contribution is 7.98. The summed E-state index contributed by atoms with van der Waals surface area (Å²) in [5, 5.41) is 9.21. The first-order valence-electron chi connectivity index (χ1n) is 11.1. The molecule has 0 saturated carbocycles. The van der Waals surface area contributed by atoms with Crippen LogP contribution < -0.4 is 10.3 Å². The Bertz CT molecular complexity index is 1560. The van der Waals surface area contributed by atoms with Crippen LogP contribution in [0.1, 0.15) is 18.2 Å². The Kier molecular flexibility index (Phi) is 6.33. The first-order chi connectivity index (χ1) is 17.0. The quantitative estimate of drug-likeness (QED) is 0.298. The fraction of sp³-hybridized carbons (Fsp3) is 0.154. The van der Waals surface area contributed by atoms with Crippen molar-refractivity contribution >= 4 is 17.4 Å². The Morgan fingerprint density at radius 2 is 1.83 bits per heavy atom. The highest BCUT2D eigenvalue weighted by Crippen LogP contribution is 2.31. The van der Waals surface area contributed by atoms with E-state index in [1.54, 1.807) is 29.0 Å². The van der Waals surface area contributed by atoms with Crippen molar-refractivity contribution in [1.82, 2.24) is 24.1 Å². The van der Waals surface area contributed by atoms with Crippen LogP contribution in [-0.2, 0) is 5.75 Å². The lowest BCUT2D eigenvalue weighted by atomic mass is 10.2. The van der Waals surface area contributed by atoms with Crippen molar-refractivity contribution in [2.24, 2.45) is 0 Å². The average Bonchev–Trinajstić information content (AvgIpc) is 3.28. The first-order valence-corrected chi connectivity index (χ1v) is 12.1. The minimum absolute atomic E-state index is 0.153. The average molecular weight is 488 g/mol. The zero-order valence-corrected chi connectivity index (χ0v) is 20.0. The van der Waals surface area contributed by atoms with Gasteiger partial charge in [-0.1, -0.05) is 30.0 Å². The largest absolute Gasteiger partial charge is 0.494 e. The molecule has 3 heterocycles. The third-order valence-electron chi connectivity index (χ3n) is 5.36. The van der Waals surface area contributed by atoms with Gasteiger partial charge in [-0.3, -0.25) is 13.8 Å². The van der Waals surface area contributed by atoms with Gasteiger partial charge in [0.15, 0.2) is 11.0 Å². The van der Waals surface area contributed by atoms with E-state index in [9.17, 15) is 9.18 Å². The Balaban J connectivity index is 1.52. The number of aryl methyl sites for hydroxylation is 1. The number of rotatable bonds is 7.